The van der Waals surface area contributed by atoms with Gasteiger partial charge in [-0.15, -0.1) is 17.9 Å². The molecule has 0 unspecified atom stereocenters. The van der Waals surface area contributed by atoms with E-state index in [0.29, 0.717) is 17.2 Å². The highest BCUT2D eigenvalue weighted by Gasteiger charge is 2.21. The Morgan fingerprint density at radius 3 is 2.67 bits per heavy atom. The van der Waals surface area contributed by atoms with Gasteiger partial charge < -0.3 is 0 Å². The summed E-state index contributed by atoms with van der Waals surface area (Å²) >= 11 is 1.45. The van der Waals surface area contributed by atoms with Gasteiger partial charge in [0, 0.05) is 29.1 Å². The summed E-state index contributed by atoms with van der Waals surface area (Å²) in [5, 5.41) is 3.46. The molecule has 0 atom stereocenters. The van der Waals surface area contributed by atoms with Gasteiger partial charge in [-0.2, -0.15) is 0 Å². The van der Waals surface area contributed by atoms with Crippen molar-refractivity contribution < 1.29 is 4.79 Å². The predicted octanol–water partition coefficient (Wildman–Crippen LogP) is 5.19. The smallest absolute Gasteiger partial charge is 0.261 e. The Labute approximate surface area is 161 Å². The Hall–Kier alpha value is -3.31. The fourth-order valence-corrected chi connectivity index (χ4v) is 3.78. The zero-order valence-corrected chi connectivity index (χ0v) is 15.4. The second kappa shape index (κ2) is 7.51. The first-order valence-electron chi connectivity index (χ1n) is 8.55. The van der Waals surface area contributed by atoms with E-state index < -0.39 is 0 Å². The van der Waals surface area contributed by atoms with E-state index in [1.165, 1.54) is 11.3 Å². The molecule has 0 aliphatic carbocycles. The van der Waals surface area contributed by atoms with Crippen LogP contribution in [0.3, 0.4) is 0 Å². The number of benzene rings is 2. The summed E-state index contributed by atoms with van der Waals surface area (Å²) in [5.74, 6) is -0.109. The molecule has 4 rings (SSSR count). The molecular weight excluding hydrogens is 354 g/mol. The number of para-hydroxylation sites is 1. The molecule has 4 nitrogen and oxygen atoms in total. The van der Waals surface area contributed by atoms with Crippen LogP contribution in [-0.2, 0) is 0 Å². The van der Waals surface area contributed by atoms with Crippen LogP contribution >= 0.6 is 11.3 Å². The molecule has 0 fully saturated rings. The van der Waals surface area contributed by atoms with E-state index in [-0.39, 0.29) is 5.91 Å². The molecule has 5 heteroatoms. The summed E-state index contributed by atoms with van der Waals surface area (Å²) in [6, 6.07) is 19.3. The fraction of sp³-hybridized carbons (Fsp3) is 0.0455. The Balaban J connectivity index is 1.73. The van der Waals surface area contributed by atoms with E-state index in [0.717, 1.165) is 22.2 Å². The van der Waals surface area contributed by atoms with E-state index in [4.69, 9.17) is 0 Å². The maximum atomic E-state index is 13.3. The molecule has 132 valence electrons. The monoisotopic (exact) mass is 371 g/mol. The summed E-state index contributed by atoms with van der Waals surface area (Å²) in [6.45, 7) is 4.19. The first-order valence-corrected chi connectivity index (χ1v) is 9.43. The highest BCUT2D eigenvalue weighted by atomic mass is 32.1. The lowest BCUT2D eigenvalue weighted by atomic mass is 10.1. The molecule has 0 saturated heterocycles. The van der Waals surface area contributed by atoms with Crippen molar-refractivity contribution in [1.82, 2.24) is 9.97 Å². The van der Waals surface area contributed by atoms with Gasteiger partial charge in [-0.25, -0.2) is 4.98 Å². The van der Waals surface area contributed by atoms with Crippen LogP contribution in [0.1, 0.15) is 10.4 Å². The normalized spacial score (nSPS) is 10.7. The van der Waals surface area contributed by atoms with Gasteiger partial charge in [0.1, 0.15) is 0 Å². The number of hydrogen-bond acceptors (Lipinski definition) is 4. The molecular formula is C22H17N3OS. The molecule has 0 aliphatic heterocycles. The van der Waals surface area contributed by atoms with Crippen LogP contribution in [0, 0.1) is 0 Å². The van der Waals surface area contributed by atoms with Crippen LogP contribution in [0.2, 0.25) is 0 Å². The van der Waals surface area contributed by atoms with Crippen LogP contribution in [0.15, 0.2) is 84.9 Å². The van der Waals surface area contributed by atoms with E-state index in [1.54, 1.807) is 23.2 Å². The molecule has 1 amide bonds. The fourth-order valence-electron chi connectivity index (χ4n) is 2.93. The quantitative estimate of drug-likeness (QED) is 0.454. The summed E-state index contributed by atoms with van der Waals surface area (Å²) in [4.78, 5) is 24.0. The van der Waals surface area contributed by atoms with Gasteiger partial charge in [0.05, 0.1) is 16.8 Å². The Morgan fingerprint density at radius 1 is 1.07 bits per heavy atom. The number of rotatable bonds is 5. The third kappa shape index (κ3) is 3.37. The van der Waals surface area contributed by atoms with Gasteiger partial charge in [0.25, 0.3) is 5.91 Å². The number of hydrogen-bond donors (Lipinski definition) is 0. The van der Waals surface area contributed by atoms with Gasteiger partial charge in [0.2, 0.25) is 0 Å². The van der Waals surface area contributed by atoms with Gasteiger partial charge in [-0.05, 0) is 12.1 Å². The Morgan fingerprint density at radius 2 is 1.85 bits per heavy atom. The van der Waals surface area contributed by atoms with Gasteiger partial charge >= 0.3 is 0 Å². The minimum atomic E-state index is -0.109. The van der Waals surface area contributed by atoms with Crippen molar-refractivity contribution in [2.24, 2.45) is 0 Å². The highest BCUT2D eigenvalue weighted by Crippen LogP contribution is 2.29. The average Bonchev–Trinajstić information content (AvgIpc) is 3.21. The first kappa shape index (κ1) is 17.1. The number of carbonyl (C=O) groups excluding carboxylic acids is 1. The lowest BCUT2D eigenvalue weighted by Gasteiger charge is -2.19. The van der Waals surface area contributed by atoms with Crippen molar-refractivity contribution in [2.75, 3.05) is 11.4 Å². The number of anilines is 1. The van der Waals surface area contributed by atoms with Crippen molar-refractivity contribution in [2.45, 2.75) is 0 Å². The molecule has 0 radical (unpaired) electrons. The van der Waals surface area contributed by atoms with E-state index in [2.05, 4.69) is 16.5 Å². The van der Waals surface area contributed by atoms with E-state index >= 15 is 0 Å². The van der Waals surface area contributed by atoms with Crippen LogP contribution in [-0.4, -0.2) is 22.4 Å². The van der Waals surface area contributed by atoms with Crippen LogP contribution in [0.4, 0.5) is 5.13 Å². The second-order valence-electron chi connectivity index (χ2n) is 5.96. The van der Waals surface area contributed by atoms with Crippen molar-refractivity contribution in [3.05, 3.63) is 90.5 Å². The summed E-state index contributed by atoms with van der Waals surface area (Å²) in [7, 11) is 0. The Kier molecular flexibility index (Phi) is 4.77. The molecule has 27 heavy (non-hydrogen) atoms. The molecule has 2 heterocycles. The van der Waals surface area contributed by atoms with Crippen molar-refractivity contribution in [3.8, 4) is 11.3 Å². The lowest BCUT2D eigenvalue weighted by Crippen LogP contribution is -2.31. The van der Waals surface area contributed by atoms with Crippen LogP contribution in [0.5, 0.6) is 0 Å². The number of thiazole rings is 1. The van der Waals surface area contributed by atoms with Crippen LogP contribution < -0.4 is 4.90 Å². The standard InChI is InChI=1S/C22H17N3OS/c1-2-14-25(22-24-20(15-27-22)16-8-4-3-5-9-16)21(26)18-12-13-23-19-11-7-6-10-17(18)19/h2-13,15H,1,14H2. The summed E-state index contributed by atoms with van der Waals surface area (Å²) < 4.78 is 0. The van der Waals surface area contributed by atoms with Gasteiger partial charge in [-0.1, -0.05) is 54.6 Å². The third-order valence-corrected chi connectivity index (χ3v) is 5.09. The predicted molar refractivity (Wildman–Crippen MR) is 111 cm³/mol. The second-order valence-corrected chi connectivity index (χ2v) is 6.80. The Bertz CT molecular complexity index is 1100. The number of aromatic nitrogens is 2. The van der Waals surface area contributed by atoms with Crippen LogP contribution in [0.25, 0.3) is 22.2 Å². The number of fused-ring (bicyclic) bond motifs is 1. The summed E-state index contributed by atoms with van der Waals surface area (Å²) in [5.41, 5.74) is 3.29. The van der Waals surface area contributed by atoms with Crippen molar-refractivity contribution in [3.63, 3.8) is 0 Å². The average molecular weight is 371 g/mol. The van der Waals surface area contributed by atoms with Crippen molar-refractivity contribution in [1.29, 1.82) is 0 Å². The molecule has 0 spiro atoms. The lowest BCUT2D eigenvalue weighted by molar-refractivity contribution is 0.0991. The van der Waals surface area contributed by atoms with Gasteiger partial charge in [0.15, 0.2) is 5.13 Å². The molecule has 0 aliphatic rings. The first-order chi connectivity index (χ1) is 13.3. The largest absolute Gasteiger partial charge is 0.280 e. The zero-order valence-electron chi connectivity index (χ0n) is 14.6. The minimum Gasteiger partial charge on any atom is -0.280 e. The summed E-state index contributed by atoms with van der Waals surface area (Å²) in [6.07, 6.45) is 3.38. The topological polar surface area (TPSA) is 46.1 Å². The SMILES string of the molecule is C=CCN(C(=O)c1ccnc2ccccc12)c1nc(-c2ccccc2)cs1. The molecule has 0 bridgehead atoms. The van der Waals surface area contributed by atoms with Crippen molar-refractivity contribution >= 4 is 33.3 Å². The molecule has 4 aromatic rings. The number of carbonyl (C=O) groups is 1. The number of amides is 1. The molecule has 0 N–H and O–H groups in total. The van der Waals surface area contributed by atoms with E-state index in [9.17, 15) is 4.79 Å². The third-order valence-electron chi connectivity index (χ3n) is 4.23. The highest BCUT2D eigenvalue weighted by molar-refractivity contribution is 7.14. The van der Waals surface area contributed by atoms with E-state index in [1.807, 2.05) is 60.0 Å². The molecule has 0 saturated carbocycles. The van der Waals surface area contributed by atoms with Gasteiger partial charge in [-0.3, -0.25) is 14.7 Å². The maximum absolute atomic E-state index is 13.3. The number of pyridine rings is 1. The molecule has 2 aromatic carbocycles. The minimum absolute atomic E-state index is 0.109. The number of nitrogens with zero attached hydrogens (tertiary/aromatic N) is 3. The molecule has 2 aromatic heterocycles. The zero-order chi connectivity index (χ0) is 18.6. The maximum Gasteiger partial charge on any atom is 0.261 e.